The number of phenolic OH excluding ortho intramolecular Hbond substituents is 1. The van der Waals surface area contributed by atoms with E-state index < -0.39 is 12.1 Å². The number of nitrogens with zero attached hydrogens (tertiary/aromatic N) is 2. The highest BCUT2D eigenvalue weighted by Gasteiger charge is 2.38. The van der Waals surface area contributed by atoms with Crippen molar-refractivity contribution in [1.82, 2.24) is 9.55 Å². The van der Waals surface area contributed by atoms with Gasteiger partial charge in [0.2, 0.25) is 0 Å². The summed E-state index contributed by atoms with van der Waals surface area (Å²) in [6.07, 6.45) is -3.07. The Balaban J connectivity index is 0.000000360. The van der Waals surface area contributed by atoms with E-state index in [0.717, 1.165) is 38.9 Å². The molecule has 0 saturated heterocycles. The third-order valence-corrected chi connectivity index (χ3v) is 4.69. The molecule has 0 saturated carbocycles. The van der Waals surface area contributed by atoms with Crippen molar-refractivity contribution < 1.29 is 37.7 Å². The Morgan fingerprint density at radius 2 is 1.66 bits per heavy atom. The van der Waals surface area contributed by atoms with Crippen molar-refractivity contribution in [3.8, 4) is 22.9 Å². The van der Waals surface area contributed by atoms with Crippen LogP contribution in [-0.2, 0) is 4.79 Å². The van der Waals surface area contributed by atoms with Crippen LogP contribution in [0.25, 0.3) is 27.5 Å². The Hall–Kier alpha value is -3.95. The highest BCUT2D eigenvalue weighted by Crippen LogP contribution is 2.36. The van der Waals surface area contributed by atoms with Gasteiger partial charge in [0.05, 0.1) is 19.7 Å². The third-order valence-electron chi connectivity index (χ3n) is 4.69. The molecule has 2 N–H and O–H groups in total. The van der Waals surface area contributed by atoms with Gasteiger partial charge in [-0.1, -0.05) is 0 Å². The summed E-state index contributed by atoms with van der Waals surface area (Å²) in [6.45, 7) is 1.99. The summed E-state index contributed by atoms with van der Waals surface area (Å²) in [4.78, 5) is 13.6. The van der Waals surface area contributed by atoms with Crippen LogP contribution >= 0.6 is 0 Å². The molecule has 0 bridgehead atoms. The second-order valence-corrected chi connectivity index (χ2v) is 6.69. The third kappa shape index (κ3) is 4.39. The molecule has 0 aliphatic rings. The first kappa shape index (κ1) is 22.7. The molecule has 0 radical (unpaired) electrons. The highest BCUT2D eigenvalue weighted by atomic mass is 19.4. The number of carbonyl (C=O) groups is 1. The topological polar surface area (TPSA) is 93.8 Å². The fourth-order valence-corrected chi connectivity index (χ4v) is 3.21. The predicted molar refractivity (Wildman–Crippen MR) is 112 cm³/mol. The van der Waals surface area contributed by atoms with Crippen molar-refractivity contribution in [3.05, 3.63) is 54.4 Å². The lowest BCUT2D eigenvalue weighted by Gasteiger charge is -2.13. The summed E-state index contributed by atoms with van der Waals surface area (Å²) in [5, 5.41) is 18.7. The predicted octanol–water partition coefficient (Wildman–Crippen LogP) is 4.84. The van der Waals surface area contributed by atoms with E-state index in [9.17, 15) is 18.3 Å². The van der Waals surface area contributed by atoms with E-state index in [0.29, 0.717) is 5.75 Å². The van der Waals surface area contributed by atoms with Gasteiger partial charge in [-0.2, -0.15) is 13.2 Å². The van der Waals surface area contributed by atoms with Crippen LogP contribution in [0.3, 0.4) is 0 Å². The van der Waals surface area contributed by atoms with E-state index in [2.05, 4.69) is 10.6 Å². The standard InChI is InChI=1S/C20H18N2O3.C2HF3O2/c1-12-16-8-9-22(13-4-6-14(23)7-5-13)20(16)17-10-15(24-2)11-18(25-3)19(17)21-12;3-2(4,5)1(6)7/h4-11,23H,1-3H3;(H,6,7). The average Bonchev–Trinajstić information content (AvgIpc) is 3.20. The number of ether oxygens (including phenoxy) is 2. The number of aromatic hydroxyl groups is 1. The van der Waals surface area contributed by atoms with Gasteiger partial charge >= 0.3 is 12.1 Å². The number of benzene rings is 2. The normalized spacial score (nSPS) is 11.2. The maximum absolute atomic E-state index is 10.6. The molecule has 0 unspecified atom stereocenters. The van der Waals surface area contributed by atoms with E-state index in [-0.39, 0.29) is 5.75 Å². The number of aryl methyl sites for hydroxylation is 1. The van der Waals surface area contributed by atoms with Crippen molar-refractivity contribution >= 4 is 27.8 Å². The quantitative estimate of drug-likeness (QED) is 0.466. The molecule has 4 rings (SSSR count). The Labute approximate surface area is 180 Å². The molecule has 32 heavy (non-hydrogen) atoms. The lowest BCUT2D eigenvalue weighted by molar-refractivity contribution is -0.192. The number of alkyl halides is 3. The van der Waals surface area contributed by atoms with Crippen molar-refractivity contribution in [3.63, 3.8) is 0 Å². The molecular weight excluding hydrogens is 429 g/mol. The number of halogens is 3. The summed E-state index contributed by atoms with van der Waals surface area (Å²) in [7, 11) is 3.27. The van der Waals surface area contributed by atoms with Gasteiger partial charge in [-0.25, -0.2) is 9.78 Å². The Morgan fingerprint density at radius 1 is 1.03 bits per heavy atom. The van der Waals surface area contributed by atoms with Crippen LogP contribution in [0.1, 0.15) is 5.69 Å². The summed E-state index contributed by atoms with van der Waals surface area (Å²) in [6, 6.07) is 13.0. The Bertz CT molecular complexity index is 1280. The van der Waals surface area contributed by atoms with Gasteiger partial charge in [-0.3, -0.25) is 0 Å². The number of rotatable bonds is 3. The maximum Gasteiger partial charge on any atom is 0.490 e. The molecule has 0 amide bonds. The number of carboxylic acids is 1. The number of hydrogen-bond acceptors (Lipinski definition) is 5. The number of fused-ring (bicyclic) bond motifs is 3. The van der Waals surface area contributed by atoms with Crippen molar-refractivity contribution in [2.24, 2.45) is 0 Å². The van der Waals surface area contributed by atoms with Gasteiger partial charge < -0.3 is 24.3 Å². The zero-order valence-corrected chi connectivity index (χ0v) is 17.3. The monoisotopic (exact) mass is 448 g/mol. The molecule has 4 aromatic rings. The number of aromatic nitrogens is 2. The van der Waals surface area contributed by atoms with Gasteiger partial charge in [0.25, 0.3) is 0 Å². The smallest absolute Gasteiger partial charge is 0.490 e. The first-order chi connectivity index (χ1) is 15.1. The minimum absolute atomic E-state index is 0.242. The zero-order chi connectivity index (χ0) is 23.6. The summed E-state index contributed by atoms with van der Waals surface area (Å²) >= 11 is 0. The number of phenols is 1. The van der Waals surface area contributed by atoms with Crippen molar-refractivity contribution in [2.75, 3.05) is 14.2 Å². The SMILES string of the molecule is COc1cc(OC)c2nc(C)c3ccn(-c4ccc(O)cc4)c3c2c1.O=C(O)C(F)(F)F. The summed E-state index contributed by atoms with van der Waals surface area (Å²) in [5.41, 5.74) is 3.72. The van der Waals surface area contributed by atoms with Crippen LogP contribution in [-0.4, -0.2) is 46.1 Å². The van der Waals surface area contributed by atoms with Crippen LogP contribution in [0.4, 0.5) is 13.2 Å². The fraction of sp³-hybridized carbons (Fsp3) is 0.182. The second-order valence-electron chi connectivity index (χ2n) is 6.69. The summed E-state index contributed by atoms with van der Waals surface area (Å²) in [5.74, 6) is -1.12. The molecule has 168 valence electrons. The summed E-state index contributed by atoms with van der Waals surface area (Å²) < 4.78 is 44.8. The molecule has 0 fully saturated rings. The molecule has 0 atom stereocenters. The number of aliphatic carboxylic acids is 1. The number of methoxy groups -OCH3 is 2. The van der Waals surface area contributed by atoms with Gasteiger partial charge in [0.1, 0.15) is 22.8 Å². The number of carboxylic acid groups (broad SMARTS) is 1. The van der Waals surface area contributed by atoms with E-state index in [4.69, 9.17) is 24.4 Å². The van der Waals surface area contributed by atoms with Crippen LogP contribution < -0.4 is 9.47 Å². The largest absolute Gasteiger partial charge is 0.508 e. The number of pyridine rings is 1. The zero-order valence-electron chi connectivity index (χ0n) is 17.3. The first-order valence-electron chi connectivity index (χ1n) is 9.19. The van der Waals surface area contributed by atoms with Crippen LogP contribution in [0.15, 0.2) is 48.7 Å². The van der Waals surface area contributed by atoms with Crippen LogP contribution in [0.5, 0.6) is 17.2 Å². The lowest BCUT2D eigenvalue weighted by Crippen LogP contribution is -2.21. The Morgan fingerprint density at radius 3 is 2.19 bits per heavy atom. The first-order valence-corrected chi connectivity index (χ1v) is 9.19. The minimum atomic E-state index is -5.08. The van der Waals surface area contributed by atoms with Crippen molar-refractivity contribution in [2.45, 2.75) is 13.1 Å². The molecule has 0 aliphatic heterocycles. The van der Waals surface area contributed by atoms with Crippen molar-refractivity contribution in [1.29, 1.82) is 0 Å². The average molecular weight is 448 g/mol. The molecule has 2 heterocycles. The van der Waals surface area contributed by atoms with Gasteiger partial charge in [0.15, 0.2) is 0 Å². The van der Waals surface area contributed by atoms with Crippen LogP contribution in [0.2, 0.25) is 0 Å². The number of hydrogen-bond donors (Lipinski definition) is 2. The second kappa shape index (κ2) is 8.66. The molecule has 0 spiro atoms. The van der Waals surface area contributed by atoms with E-state index in [1.165, 1.54) is 0 Å². The lowest BCUT2D eigenvalue weighted by atomic mass is 10.1. The molecule has 7 nitrogen and oxygen atoms in total. The van der Waals surface area contributed by atoms with Gasteiger partial charge in [-0.15, -0.1) is 0 Å². The highest BCUT2D eigenvalue weighted by molar-refractivity contribution is 6.08. The van der Waals surface area contributed by atoms with E-state index in [1.807, 2.05) is 37.4 Å². The minimum Gasteiger partial charge on any atom is -0.508 e. The molecule has 10 heteroatoms. The van der Waals surface area contributed by atoms with E-state index >= 15 is 0 Å². The molecule has 2 aromatic heterocycles. The molecule has 0 aliphatic carbocycles. The molecular formula is C22H19F3N2O5. The van der Waals surface area contributed by atoms with Crippen LogP contribution in [0, 0.1) is 6.92 Å². The van der Waals surface area contributed by atoms with Gasteiger partial charge in [0, 0.05) is 34.4 Å². The van der Waals surface area contributed by atoms with E-state index in [1.54, 1.807) is 26.4 Å². The van der Waals surface area contributed by atoms with Gasteiger partial charge in [-0.05, 0) is 43.3 Å². The molecule has 2 aromatic carbocycles. The Kier molecular flexibility index (Phi) is 6.15. The maximum atomic E-state index is 10.6. The fourth-order valence-electron chi connectivity index (χ4n) is 3.21.